The molecule has 1 aliphatic heterocycles. The molecule has 3 rings (SSSR count). The molecule has 160 valence electrons. The van der Waals surface area contributed by atoms with Crippen LogP contribution in [0.2, 0.25) is 0 Å². The first-order valence-corrected chi connectivity index (χ1v) is 11.4. The fourth-order valence-electron chi connectivity index (χ4n) is 3.41. The van der Waals surface area contributed by atoms with Crippen LogP contribution in [0.25, 0.3) is 0 Å². The van der Waals surface area contributed by atoms with Crippen LogP contribution in [0.1, 0.15) is 40.7 Å². The van der Waals surface area contributed by atoms with E-state index in [1.54, 1.807) is 44.2 Å². The number of benzene rings is 2. The highest BCUT2D eigenvalue weighted by Gasteiger charge is 2.27. The maximum Gasteiger partial charge on any atom is 0.338 e. The summed E-state index contributed by atoms with van der Waals surface area (Å²) >= 11 is 0. The fourth-order valence-corrected chi connectivity index (χ4v) is 5.18. The highest BCUT2D eigenvalue weighted by atomic mass is 32.2. The molecule has 1 aliphatic rings. The normalized spacial score (nSPS) is 14.9. The van der Waals surface area contributed by atoms with Gasteiger partial charge in [0.2, 0.25) is 10.0 Å². The summed E-state index contributed by atoms with van der Waals surface area (Å²) in [6, 6.07) is 11.7. The molecule has 1 saturated heterocycles. The van der Waals surface area contributed by atoms with E-state index in [-0.39, 0.29) is 4.90 Å². The van der Waals surface area contributed by atoms with Crippen molar-refractivity contribution >= 4 is 27.6 Å². The predicted molar refractivity (Wildman–Crippen MR) is 114 cm³/mol. The lowest BCUT2D eigenvalue weighted by atomic mass is 10.1. The molecule has 0 unspecified atom stereocenters. The lowest BCUT2D eigenvalue weighted by molar-refractivity contribution is -0.119. The van der Waals surface area contributed by atoms with E-state index in [2.05, 4.69) is 5.32 Å². The summed E-state index contributed by atoms with van der Waals surface area (Å²) in [7, 11) is -3.62. The van der Waals surface area contributed by atoms with Crippen molar-refractivity contribution in [2.24, 2.45) is 0 Å². The topological polar surface area (TPSA) is 92.8 Å². The number of carbonyl (C=O) groups is 2. The molecule has 0 radical (unpaired) electrons. The van der Waals surface area contributed by atoms with E-state index in [1.807, 2.05) is 6.07 Å². The number of esters is 1. The molecule has 1 N–H and O–H groups in total. The summed E-state index contributed by atoms with van der Waals surface area (Å²) in [5, 5.41) is 2.61. The number of carbonyl (C=O) groups excluding carboxylic acids is 2. The molecule has 0 aromatic heterocycles. The second-order valence-electron chi connectivity index (χ2n) is 7.38. The Bertz CT molecular complexity index is 1040. The van der Waals surface area contributed by atoms with E-state index in [0.29, 0.717) is 29.9 Å². The van der Waals surface area contributed by atoms with Crippen LogP contribution in [0.4, 0.5) is 5.69 Å². The molecular formula is C22H26N2O5S. The van der Waals surface area contributed by atoms with Gasteiger partial charge in [-0.1, -0.05) is 30.7 Å². The molecular weight excluding hydrogens is 404 g/mol. The van der Waals surface area contributed by atoms with Crippen LogP contribution in [0, 0.1) is 13.8 Å². The lowest BCUT2D eigenvalue weighted by Gasteiger charge is -2.26. The van der Waals surface area contributed by atoms with Crippen molar-refractivity contribution in [1.82, 2.24) is 4.31 Å². The molecule has 1 heterocycles. The van der Waals surface area contributed by atoms with Gasteiger partial charge < -0.3 is 10.1 Å². The molecule has 0 bridgehead atoms. The molecule has 1 amide bonds. The van der Waals surface area contributed by atoms with Crippen molar-refractivity contribution in [2.45, 2.75) is 38.0 Å². The second-order valence-corrected chi connectivity index (χ2v) is 9.29. The van der Waals surface area contributed by atoms with Crippen LogP contribution in [-0.4, -0.2) is 44.3 Å². The van der Waals surface area contributed by atoms with Crippen LogP contribution < -0.4 is 5.32 Å². The summed E-state index contributed by atoms with van der Waals surface area (Å²) in [5.41, 5.74) is 2.11. The third-order valence-corrected chi connectivity index (χ3v) is 7.14. The Kier molecular flexibility index (Phi) is 6.89. The zero-order chi connectivity index (χ0) is 21.7. The molecule has 0 saturated carbocycles. The van der Waals surface area contributed by atoms with Crippen LogP contribution >= 0.6 is 0 Å². The highest BCUT2D eigenvalue weighted by molar-refractivity contribution is 7.89. The third-order valence-electron chi connectivity index (χ3n) is 5.10. The van der Waals surface area contributed by atoms with Crippen molar-refractivity contribution in [1.29, 1.82) is 0 Å². The number of nitrogens with one attached hydrogen (secondary N) is 1. The van der Waals surface area contributed by atoms with Gasteiger partial charge in [-0.2, -0.15) is 4.31 Å². The van der Waals surface area contributed by atoms with Crippen LogP contribution in [0.5, 0.6) is 0 Å². The van der Waals surface area contributed by atoms with Gasteiger partial charge in [-0.15, -0.1) is 0 Å². The fraction of sp³-hybridized carbons (Fsp3) is 0.364. The number of hydrogen-bond donors (Lipinski definition) is 1. The van der Waals surface area contributed by atoms with Crippen molar-refractivity contribution in [3.8, 4) is 0 Å². The second kappa shape index (κ2) is 9.40. The zero-order valence-electron chi connectivity index (χ0n) is 17.2. The summed E-state index contributed by atoms with van der Waals surface area (Å²) < 4.78 is 32.6. The molecule has 0 atom stereocenters. The van der Waals surface area contributed by atoms with E-state index in [1.165, 1.54) is 10.4 Å². The number of amides is 1. The Labute approximate surface area is 177 Å². The van der Waals surface area contributed by atoms with Crippen LogP contribution in [0.15, 0.2) is 47.4 Å². The largest absolute Gasteiger partial charge is 0.452 e. The minimum absolute atomic E-state index is 0.180. The van der Waals surface area contributed by atoms with Gasteiger partial charge in [-0.3, -0.25) is 4.79 Å². The van der Waals surface area contributed by atoms with Gasteiger partial charge in [0, 0.05) is 18.8 Å². The number of hydrogen-bond acceptors (Lipinski definition) is 5. The van der Waals surface area contributed by atoms with E-state index < -0.39 is 28.5 Å². The average molecular weight is 431 g/mol. The minimum Gasteiger partial charge on any atom is -0.452 e. The Morgan fingerprint density at radius 2 is 1.70 bits per heavy atom. The number of piperidine rings is 1. The Morgan fingerprint density at radius 1 is 1.00 bits per heavy atom. The lowest BCUT2D eigenvalue weighted by Crippen LogP contribution is -2.36. The first-order valence-electron chi connectivity index (χ1n) is 9.92. The molecule has 30 heavy (non-hydrogen) atoms. The zero-order valence-corrected chi connectivity index (χ0v) is 18.0. The van der Waals surface area contributed by atoms with E-state index >= 15 is 0 Å². The SMILES string of the molecule is Cc1ccccc1C(=O)OCC(=O)Nc1ccc(C)c(S(=O)(=O)N2CCCCC2)c1. The quantitative estimate of drug-likeness (QED) is 0.710. The van der Waals surface area contributed by atoms with Gasteiger partial charge in [0.25, 0.3) is 5.91 Å². The molecule has 2 aromatic carbocycles. The number of rotatable bonds is 6. The standard InChI is InChI=1S/C22H26N2O5S/c1-16-8-4-5-9-19(16)22(26)29-15-21(25)23-18-11-10-17(2)20(14-18)30(27,28)24-12-6-3-7-13-24/h4-5,8-11,14H,3,6-7,12-13,15H2,1-2H3,(H,23,25). The molecule has 1 fully saturated rings. The molecule has 2 aromatic rings. The van der Waals surface area contributed by atoms with Crippen molar-refractivity contribution in [3.63, 3.8) is 0 Å². The van der Waals surface area contributed by atoms with Gasteiger partial charge in [0.05, 0.1) is 10.5 Å². The molecule has 0 spiro atoms. The maximum absolute atomic E-state index is 13.0. The predicted octanol–water partition coefficient (Wildman–Crippen LogP) is 3.27. The first kappa shape index (κ1) is 22.0. The van der Waals surface area contributed by atoms with Crippen molar-refractivity contribution in [2.75, 3.05) is 25.0 Å². The Morgan fingerprint density at radius 3 is 2.40 bits per heavy atom. The van der Waals surface area contributed by atoms with Gasteiger partial charge in [-0.25, -0.2) is 13.2 Å². The smallest absolute Gasteiger partial charge is 0.338 e. The summed E-state index contributed by atoms with van der Waals surface area (Å²) in [4.78, 5) is 24.6. The van der Waals surface area contributed by atoms with E-state index in [9.17, 15) is 18.0 Å². The number of sulfonamides is 1. The molecule has 7 nitrogen and oxygen atoms in total. The average Bonchev–Trinajstić information content (AvgIpc) is 2.74. The minimum atomic E-state index is -3.62. The van der Waals surface area contributed by atoms with Gasteiger partial charge >= 0.3 is 5.97 Å². The van der Waals surface area contributed by atoms with E-state index in [0.717, 1.165) is 24.8 Å². The Balaban J connectivity index is 1.67. The first-order chi connectivity index (χ1) is 14.3. The Hall–Kier alpha value is -2.71. The molecule has 0 aliphatic carbocycles. The third kappa shape index (κ3) is 5.06. The summed E-state index contributed by atoms with van der Waals surface area (Å²) in [6.07, 6.45) is 2.73. The highest BCUT2D eigenvalue weighted by Crippen LogP contribution is 2.26. The molecule has 8 heteroatoms. The number of aryl methyl sites for hydroxylation is 2. The van der Waals surface area contributed by atoms with Gasteiger partial charge in [-0.05, 0) is 56.0 Å². The van der Waals surface area contributed by atoms with Crippen LogP contribution in [0.3, 0.4) is 0 Å². The van der Waals surface area contributed by atoms with Gasteiger partial charge in [0.1, 0.15) is 0 Å². The van der Waals surface area contributed by atoms with Crippen LogP contribution in [-0.2, 0) is 19.6 Å². The number of anilines is 1. The van der Waals surface area contributed by atoms with Gasteiger partial charge in [0.15, 0.2) is 6.61 Å². The van der Waals surface area contributed by atoms with E-state index in [4.69, 9.17) is 4.74 Å². The number of ether oxygens (including phenoxy) is 1. The summed E-state index contributed by atoms with van der Waals surface area (Å²) in [5.74, 6) is -1.12. The summed E-state index contributed by atoms with van der Waals surface area (Å²) in [6.45, 7) is 4.06. The van der Waals surface area contributed by atoms with Crippen molar-refractivity contribution in [3.05, 3.63) is 59.2 Å². The maximum atomic E-state index is 13.0. The van der Waals surface area contributed by atoms with Crippen molar-refractivity contribution < 1.29 is 22.7 Å². The number of nitrogens with zero attached hydrogens (tertiary/aromatic N) is 1. The monoisotopic (exact) mass is 430 g/mol.